The number of aromatic nitrogens is 1. The van der Waals surface area contributed by atoms with E-state index < -0.39 is 0 Å². The second-order valence-corrected chi connectivity index (χ2v) is 5.65. The van der Waals surface area contributed by atoms with Crippen LogP contribution in [0.4, 0.5) is 0 Å². The van der Waals surface area contributed by atoms with Crippen LogP contribution in [0.3, 0.4) is 0 Å². The zero-order valence-corrected chi connectivity index (χ0v) is 10.8. The second-order valence-electron chi connectivity index (χ2n) is 5.65. The van der Waals surface area contributed by atoms with Gasteiger partial charge in [-0.1, -0.05) is 31.5 Å². The van der Waals surface area contributed by atoms with Crippen LogP contribution in [0.25, 0.3) is 10.8 Å². The largest absolute Gasteiger partial charge is 0.324 e. The zero-order chi connectivity index (χ0) is 12.5. The van der Waals surface area contributed by atoms with Gasteiger partial charge in [0.05, 0.1) is 0 Å². The normalized spacial score (nSPS) is 25.4. The van der Waals surface area contributed by atoms with E-state index in [4.69, 9.17) is 5.73 Å². The lowest BCUT2D eigenvalue weighted by Gasteiger charge is -2.21. The van der Waals surface area contributed by atoms with Crippen LogP contribution in [0, 0.1) is 11.8 Å². The number of nitrogens with two attached hydrogens (primary N) is 1. The second kappa shape index (κ2) is 4.69. The van der Waals surface area contributed by atoms with Gasteiger partial charge in [0.25, 0.3) is 0 Å². The summed E-state index contributed by atoms with van der Waals surface area (Å²) in [5, 5.41) is 2.45. The van der Waals surface area contributed by atoms with Crippen LogP contribution < -0.4 is 5.73 Å². The molecular weight excluding hydrogens is 220 g/mol. The minimum absolute atomic E-state index is 0.155. The first-order valence-electron chi connectivity index (χ1n) is 6.84. The topological polar surface area (TPSA) is 38.9 Å². The summed E-state index contributed by atoms with van der Waals surface area (Å²) in [6.45, 7) is 2.33. The first-order chi connectivity index (χ1) is 8.75. The van der Waals surface area contributed by atoms with Gasteiger partial charge < -0.3 is 5.73 Å². The van der Waals surface area contributed by atoms with Gasteiger partial charge in [-0.3, -0.25) is 4.98 Å². The number of hydrogen-bond donors (Lipinski definition) is 1. The number of benzene rings is 1. The Morgan fingerprint density at radius 3 is 2.94 bits per heavy atom. The summed E-state index contributed by atoms with van der Waals surface area (Å²) in [5.41, 5.74) is 7.76. The van der Waals surface area contributed by atoms with Crippen molar-refractivity contribution in [2.24, 2.45) is 17.6 Å². The summed E-state index contributed by atoms with van der Waals surface area (Å²) in [4.78, 5) is 4.24. The van der Waals surface area contributed by atoms with E-state index in [1.165, 1.54) is 35.6 Å². The molecule has 0 spiro atoms. The lowest BCUT2D eigenvalue weighted by molar-refractivity contribution is 0.430. The first kappa shape index (κ1) is 11.7. The Balaban J connectivity index is 1.98. The van der Waals surface area contributed by atoms with E-state index in [9.17, 15) is 0 Å². The smallest absolute Gasteiger partial charge is 0.0349 e. The molecule has 1 aromatic heterocycles. The van der Waals surface area contributed by atoms with E-state index in [0.717, 1.165) is 5.92 Å². The predicted molar refractivity (Wildman–Crippen MR) is 75.2 cm³/mol. The van der Waals surface area contributed by atoms with Crippen molar-refractivity contribution >= 4 is 10.8 Å². The minimum Gasteiger partial charge on any atom is -0.324 e. The van der Waals surface area contributed by atoms with E-state index in [0.29, 0.717) is 5.92 Å². The summed E-state index contributed by atoms with van der Waals surface area (Å²) < 4.78 is 0. The van der Waals surface area contributed by atoms with E-state index in [1.54, 1.807) is 0 Å². The van der Waals surface area contributed by atoms with Crippen molar-refractivity contribution in [3.8, 4) is 0 Å². The lowest BCUT2D eigenvalue weighted by Crippen LogP contribution is -2.19. The standard InChI is InChI=1S/C16H20N2/c1-11-5-6-13(9-11)16(17)14-4-2-3-12-7-8-18-10-15(12)14/h2-4,7-8,10-11,13,16H,5-6,9,17H2,1H3. The number of rotatable bonds is 2. The lowest BCUT2D eigenvalue weighted by atomic mass is 9.89. The number of fused-ring (bicyclic) bond motifs is 1. The Morgan fingerprint density at radius 1 is 1.28 bits per heavy atom. The van der Waals surface area contributed by atoms with Crippen molar-refractivity contribution in [2.45, 2.75) is 32.2 Å². The molecule has 0 radical (unpaired) electrons. The molecule has 1 saturated carbocycles. The molecule has 2 nitrogen and oxygen atoms in total. The van der Waals surface area contributed by atoms with Crippen molar-refractivity contribution in [3.63, 3.8) is 0 Å². The highest BCUT2D eigenvalue weighted by molar-refractivity contribution is 5.85. The molecule has 2 heteroatoms. The zero-order valence-electron chi connectivity index (χ0n) is 10.8. The number of nitrogens with zero attached hydrogens (tertiary/aromatic N) is 1. The van der Waals surface area contributed by atoms with Crippen molar-refractivity contribution in [1.82, 2.24) is 4.98 Å². The van der Waals surface area contributed by atoms with Crippen molar-refractivity contribution in [3.05, 3.63) is 42.2 Å². The fourth-order valence-electron chi connectivity index (χ4n) is 3.26. The third kappa shape index (κ3) is 2.01. The molecule has 1 heterocycles. The maximum Gasteiger partial charge on any atom is 0.0349 e. The first-order valence-corrected chi connectivity index (χ1v) is 6.84. The maximum atomic E-state index is 6.50. The van der Waals surface area contributed by atoms with Crippen LogP contribution in [0.2, 0.25) is 0 Å². The van der Waals surface area contributed by atoms with Crippen molar-refractivity contribution < 1.29 is 0 Å². The molecule has 1 fully saturated rings. The molecule has 0 bridgehead atoms. The number of pyridine rings is 1. The highest BCUT2D eigenvalue weighted by Crippen LogP contribution is 2.39. The Morgan fingerprint density at radius 2 is 2.17 bits per heavy atom. The van der Waals surface area contributed by atoms with Gasteiger partial charge in [0.15, 0.2) is 0 Å². The minimum atomic E-state index is 0.155. The summed E-state index contributed by atoms with van der Waals surface area (Å²) in [6.07, 6.45) is 7.64. The molecule has 2 N–H and O–H groups in total. The quantitative estimate of drug-likeness (QED) is 0.869. The van der Waals surface area contributed by atoms with Crippen LogP contribution in [0.15, 0.2) is 36.7 Å². The van der Waals surface area contributed by atoms with Gasteiger partial charge in [0.1, 0.15) is 0 Å². The molecule has 18 heavy (non-hydrogen) atoms. The molecule has 94 valence electrons. The summed E-state index contributed by atoms with van der Waals surface area (Å²) in [5.74, 6) is 1.46. The van der Waals surface area contributed by atoms with Gasteiger partial charge in [-0.05, 0) is 41.7 Å². The molecular formula is C16H20N2. The average Bonchev–Trinajstić information content (AvgIpc) is 2.84. The molecule has 0 saturated heterocycles. The van der Waals surface area contributed by atoms with Gasteiger partial charge in [0.2, 0.25) is 0 Å². The van der Waals surface area contributed by atoms with Gasteiger partial charge >= 0.3 is 0 Å². The van der Waals surface area contributed by atoms with Gasteiger partial charge in [0, 0.05) is 23.8 Å². The van der Waals surface area contributed by atoms with E-state index >= 15 is 0 Å². The molecule has 3 unspecified atom stereocenters. The summed E-state index contributed by atoms with van der Waals surface area (Å²) in [6, 6.07) is 8.61. The molecule has 2 aromatic rings. The van der Waals surface area contributed by atoms with Crippen LogP contribution in [0.1, 0.15) is 37.8 Å². The summed E-state index contributed by atoms with van der Waals surface area (Å²) in [7, 11) is 0. The van der Waals surface area contributed by atoms with Crippen LogP contribution in [-0.2, 0) is 0 Å². The molecule has 0 aliphatic heterocycles. The Labute approximate surface area is 108 Å². The van der Waals surface area contributed by atoms with Crippen LogP contribution in [0.5, 0.6) is 0 Å². The number of hydrogen-bond acceptors (Lipinski definition) is 2. The molecule has 0 amide bonds. The SMILES string of the molecule is CC1CCC(C(N)c2cccc3ccncc23)C1. The Kier molecular flexibility index (Phi) is 3.04. The molecule has 1 aliphatic rings. The van der Waals surface area contributed by atoms with E-state index in [1.807, 2.05) is 12.4 Å². The third-order valence-corrected chi connectivity index (χ3v) is 4.32. The molecule has 3 atom stereocenters. The predicted octanol–water partition coefficient (Wildman–Crippen LogP) is 3.67. The Hall–Kier alpha value is -1.41. The van der Waals surface area contributed by atoms with Crippen LogP contribution in [-0.4, -0.2) is 4.98 Å². The van der Waals surface area contributed by atoms with Gasteiger partial charge in [-0.2, -0.15) is 0 Å². The highest BCUT2D eigenvalue weighted by atomic mass is 14.7. The molecule has 1 aliphatic carbocycles. The van der Waals surface area contributed by atoms with Crippen LogP contribution >= 0.6 is 0 Å². The van der Waals surface area contributed by atoms with Gasteiger partial charge in [-0.25, -0.2) is 0 Å². The maximum absolute atomic E-state index is 6.50. The monoisotopic (exact) mass is 240 g/mol. The highest BCUT2D eigenvalue weighted by Gasteiger charge is 2.28. The fraction of sp³-hybridized carbons (Fsp3) is 0.438. The van der Waals surface area contributed by atoms with E-state index in [2.05, 4.69) is 36.2 Å². The van der Waals surface area contributed by atoms with Crippen molar-refractivity contribution in [1.29, 1.82) is 0 Å². The summed E-state index contributed by atoms with van der Waals surface area (Å²) >= 11 is 0. The molecule has 1 aromatic carbocycles. The van der Waals surface area contributed by atoms with Gasteiger partial charge in [-0.15, -0.1) is 0 Å². The Bertz CT molecular complexity index is 544. The third-order valence-electron chi connectivity index (χ3n) is 4.32. The van der Waals surface area contributed by atoms with Crippen molar-refractivity contribution in [2.75, 3.05) is 0 Å². The average molecular weight is 240 g/mol. The fourth-order valence-corrected chi connectivity index (χ4v) is 3.26. The molecule has 3 rings (SSSR count). The van der Waals surface area contributed by atoms with E-state index in [-0.39, 0.29) is 6.04 Å².